The molecule has 0 atom stereocenters. The Morgan fingerprint density at radius 1 is 0.655 bits per heavy atom. The molecule has 5 aromatic rings. The Morgan fingerprint density at radius 3 is 2.07 bits per heavy atom. The molecule has 3 aromatic carbocycles. The number of hydrogen-bond acceptors (Lipinski definition) is 1. The summed E-state index contributed by atoms with van der Waals surface area (Å²) in [7, 11) is 0. The average molecular weight is 377 g/mol. The van der Waals surface area contributed by atoms with E-state index in [1.165, 1.54) is 38.5 Å². The summed E-state index contributed by atoms with van der Waals surface area (Å²) in [5.41, 5.74) is 7.29. The van der Waals surface area contributed by atoms with Crippen LogP contribution in [0.4, 0.5) is 0 Å². The van der Waals surface area contributed by atoms with Crippen molar-refractivity contribution >= 4 is 27.3 Å². The molecule has 2 heteroatoms. The van der Waals surface area contributed by atoms with Crippen LogP contribution in [0.1, 0.15) is 39.0 Å². The predicted octanol–water partition coefficient (Wildman–Crippen LogP) is 6.88. The SMILES string of the molecule is CC1(C)c2cccc3c4ccccc4c4nc(-c5ccccc5)c(n4c23)C1(C)C. The molecular formula is C27H24N2. The molecule has 2 aromatic heterocycles. The molecule has 2 nitrogen and oxygen atoms in total. The Balaban J connectivity index is 1.97. The number of aromatic nitrogens is 2. The van der Waals surface area contributed by atoms with E-state index in [0.717, 1.165) is 11.3 Å². The molecule has 0 radical (unpaired) electrons. The zero-order chi connectivity index (χ0) is 20.0. The lowest BCUT2D eigenvalue weighted by molar-refractivity contribution is 0.289. The van der Waals surface area contributed by atoms with Crippen LogP contribution in [-0.2, 0) is 10.8 Å². The lowest BCUT2D eigenvalue weighted by Gasteiger charge is -2.46. The van der Waals surface area contributed by atoms with Gasteiger partial charge in [-0.15, -0.1) is 0 Å². The summed E-state index contributed by atoms with van der Waals surface area (Å²) in [5.74, 6) is 0. The summed E-state index contributed by atoms with van der Waals surface area (Å²) in [6.07, 6.45) is 0. The summed E-state index contributed by atoms with van der Waals surface area (Å²) < 4.78 is 2.46. The first kappa shape index (κ1) is 16.8. The van der Waals surface area contributed by atoms with Gasteiger partial charge in [-0.1, -0.05) is 100 Å². The van der Waals surface area contributed by atoms with Crippen LogP contribution in [0.5, 0.6) is 0 Å². The van der Waals surface area contributed by atoms with Gasteiger partial charge in [-0.2, -0.15) is 0 Å². The lowest BCUT2D eigenvalue weighted by atomic mass is 9.60. The highest BCUT2D eigenvalue weighted by Crippen LogP contribution is 2.53. The van der Waals surface area contributed by atoms with Gasteiger partial charge in [0, 0.05) is 27.2 Å². The largest absolute Gasteiger partial charge is 0.295 e. The third kappa shape index (κ3) is 1.89. The van der Waals surface area contributed by atoms with Crippen molar-refractivity contribution in [3.63, 3.8) is 0 Å². The van der Waals surface area contributed by atoms with E-state index in [9.17, 15) is 0 Å². The van der Waals surface area contributed by atoms with E-state index < -0.39 is 0 Å². The molecule has 6 rings (SSSR count). The molecule has 0 aliphatic carbocycles. The van der Waals surface area contributed by atoms with Crippen LogP contribution in [0.3, 0.4) is 0 Å². The van der Waals surface area contributed by atoms with Crippen LogP contribution < -0.4 is 0 Å². The fourth-order valence-electron chi connectivity index (χ4n) is 5.24. The van der Waals surface area contributed by atoms with Crippen molar-refractivity contribution in [2.45, 2.75) is 38.5 Å². The van der Waals surface area contributed by atoms with Gasteiger partial charge in [-0.05, 0) is 10.9 Å². The molecule has 0 saturated heterocycles. The number of pyridine rings is 1. The van der Waals surface area contributed by atoms with Crippen molar-refractivity contribution in [2.24, 2.45) is 0 Å². The van der Waals surface area contributed by atoms with Crippen LogP contribution in [0.15, 0.2) is 72.8 Å². The van der Waals surface area contributed by atoms with Crippen LogP contribution in [-0.4, -0.2) is 9.38 Å². The van der Waals surface area contributed by atoms with Crippen LogP contribution in [0.2, 0.25) is 0 Å². The predicted molar refractivity (Wildman–Crippen MR) is 122 cm³/mol. The molecule has 142 valence electrons. The van der Waals surface area contributed by atoms with Crippen LogP contribution >= 0.6 is 0 Å². The maximum absolute atomic E-state index is 5.29. The Kier molecular flexibility index (Phi) is 3.05. The van der Waals surface area contributed by atoms with Crippen molar-refractivity contribution in [3.05, 3.63) is 84.1 Å². The summed E-state index contributed by atoms with van der Waals surface area (Å²) in [5, 5.41) is 3.81. The van der Waals surface area contributed by atoms with Crippen LogP contribution in [0.25, 0.3) is 38.6 Å². The molecule has 0 amide bonds. The van der Waals surface area contributed by atoms with E-state index in [-0.39, 0.29) is 10.8 Å². The number of benzene rings is 3. The number of imidazole rings is 1. The van der Waals surface area contributed by atoms with E-state index in [4.69, 9.17) is 4.98 Å². The first-order valence-electron chi connectivity index (χ1n) is 10.4. The van der Waals surface area contributed by atoms with Crippen molar-refractivity contribution in [1.82, 2.24) is 9.38 Å². The van der Waals surface area contributed by atoms with Crippen LogP contribution in [0, 0.1) is 0 Å². The minimum absolute atomic E-state index is 0.0263. The van der Waals surface area contributed by atoms with Gasteiger partial charge >= 0.3 is 0 Å². The van der Waals surface area contributed by atoms with E-state index in [1.807, 2.05) is 0 Å². The first-order chi connectivity index (χ1) is 13.9. The summed E-state index contributed by atoms with van der Waals surface area (Å²) >= 11 is 0. The zero-order valence-electron chi connectivity index (χ0n) is 17.3. The molecule has 3 heterocycles. The Labute approximate surface area is 170 Å². The Bertz CT molecular complexity index is 1440. The molecule has 1 aliphatic heterocycles. The van der Waals surface area contributed by atoms with Gasteiger partial charge in [-0.3, -0.25) is 4.40 Å². The highest BCUT2D eigenvalue weighted by Gasteiger charge is 2.48. The lowest BCUT2D eigenvalue weighted by Crippen LogP contribution is -2.44. The van der Waals surface area contributed by atoms with Gasteiger partial charge in [0.2, 0.25) is 0 Å². The fourth-order valence-corrected chi connectivity index (χ4v) is 5.24. The van der Waals surface area contributed by atoms with Gasteiger partial charge in [0.25, 0.3) is 0 Å². The van der Waals surface area contributed by atoms with Crippen molar-refractivity contribution in [3.8, 4) is 11.3 Å². The standard InChI is InChI=1S/C27H24N2/c1-26(2)21-16-10-15-19-18-13-8-9-14-20(18)25-28-22(17-11-6-5-7-12-17)24(27(26,3)4)29(25)23(19)21/h5-16H,1-4H3. The Morgan fingerprint density at radius 2 is 1.31 bits per heavy atom. The third-order valence-corrected chi connectivity index (χ3v) is 7.47. The fraction of sp³-hybridized carbons (Fsp3) is 0.222. The van der Waals surface area contributed by atoms with Gasteiger partial charge < -0.3 is 0 Å². The summed E-state index contributed by atoms with van der Waals surface area (Å²) in [4.78, 5) is 5.29. The highest BCUT2D eigenvalue weighted by molar-refractivity contribution is 6.13. The minimum Gasteiger partial charge on any atom is -0.295 e. The quantitative estimate of drug-likeness (QED) is 0.292. The molecular weight excluding hydrogens is 352 g/mol. The Hall–Kier alpha value is -3.13. The molecule has 0 fully saturated rings. The number of nitrogens with zero attached hydrogens (tertiary/aromatic N) is 2. The van der Waals surface area contributed by atoms with Crippen molar-refractivity contribution in [2.75, 3.05) is 0 Å². The number of fused-ring (bicyclic) bond motifs is 3. The molecule has 0 N–H and O–H groups in total. The van der Waals surface area contributed by atoms with Gasteiger partial charge in [-0.25, -0.2) is 4.98 Å². The minimum atomic E-state index is -0.0820. The van der Waals surface area contributed by atoms with Gasteiger partial charge in [0.05, 0.1) is 16.9 Å². The topological polar surface area (TPSA) is 17.3 Å². The van der Waals surface area contributed by atoms with Crippen molar-refractivity contribution in [1.29, 1.82) is 0 Å². The maximum atomic E-state index is 5.29. The number of rotatable bonds is 1. The second kappa shape index (κ2) is 5.27. The smallest absolute Gasteiger partial charge is 0.146 e. The monoisotopic (exact) mass is 376 g/mol. The van der Waals surface area contributed by atoms with Crippen molar-refractivity contribution < 1.29 is 0 Å². The molecule has 0 spiro atoms. The van der Waals surface area contributed by atoms with E-state index in [2.05, 4.69) is 105 Å². The molecule has 0 unspecified atom stereocenters. The number of hydrogen-bond donors (Lipinski definition) is 0. The van der Waals surface area contributed by atoms with E-state index >= 15 is 0 Å². The summed E-state index contributed by atoms with van der Waals surface area (Å²) in [6, 6.07) is 26.1. The second-order valence-corrected chi connectivity index (χ2v) is 9.33. The maximum Gasteiger partial charge on any atom is 0.146 e. The van der Waals surface area contributed by atoms with Gasteiger partial charge in [0.1, 0.15) is 5.65 Å². The first-order valence-corrected chi connectivity index (χ1v) is 10.4. The second-order valence-electron chi connectivity index (χ2n) is 9.33. The normalized spacial score (nSPS) is 16.8. The molecule has 29 heavy (non-hydrogen) atoms. The molecule has 0 bridgehead atoms. The highest BCUT2D eigenvalue weighted by atomic mass is 15.1. The molecule has 0 saturated carbocycles. The number of para-hydroxylation sites is 1. The molecule has 1 aliphatic rings. The average Bonchev–Trinajstić information content (AvgIpc) is 3.15. The van der Waals surface area contributed by atoms with E-state index in [0.29, 0.717) is 0 Å². The zero-order valence-corrected chi connectivity index (χ0v) is 17.3. The third-order valence-electron chi connectivity index (χ3n) is 7.47. The van der Waals surface area contributed by atoms with E-state index in [1.54, 1.807) is 0 Å². The van der Waals surface area contributed by atoms with Gasteiger partial charge in [0.15, 0.2) is 0 Å². The summed E-state index contributed by atoms with van der Waals surface area (Å²) in [6.45, 7) is 9.52.